The maximum Gasteiger partial charge on any atom is 0.326 e. The Bertz CT molecular complexity index is 578. The van der Waals surface area contributed by atoms with E-state index in [9.17, 15) is 19.8 Å². The molecular formula is C16H20N2O4. The van der Waals surface area contributed by atoms with Crippen LogP contribution in [0.2, 0.25) is 0 Å². The van der Waals surface area contributed by atoms with Crippen LogP contribution in [-0.2, 0) is 16.0 Å². The summed E-state index contributed by atoms with van der Waals surface area (Å²) >= 11 is 0. The smallest absolute Gasteiger partial charge is 0.326 e. The van der Waals surface area contributed by atoms with Crippen LogP contribution in [0.5, 0.6) is 0 Å². The van der Waals surface area contributed by atoms with Crippen molar-refractivity contribution in [2.24, 2.45) is 5.92 Å². The van der Waals surface area contributed by atoms with Crippen molar-refractivity contribution in [2.45, 2.75) is 38.8 Å². The third kappa shape index (κ3) is 5.19. The Hall–Kier alpha value is -2.39. The molecule has 0 saturated heterocycles. The van der Waals surface area contributed by atoms with Crippen molar-refractivity contribution < 1.29 is 19.8 Å². The standard InChI is InChI=1S/C16H20N2O4/c1-10(2)7-14(19)15(20)18-13(16(21)22)8-11-5-3-4-6-12(11)9-17/h3-6,10,13-14,19H,7-8H2,1-2H3,(H,18,20)(H,21,22)/t13-,14-/m1/s1. The summed E-state index contributed by atoms with van der Waals surface area (Å²) in [5.74, 6) is -1.81. The van der Waals surface area contributed by atoms with Gasteiger partial charge in [0.2, 0.25) is 5.91 Å². The number of amides is 1. The van der Waals surface area contributed by atoms with Crippen molar-refractivity contribution in [3.8, 4) is 6.07 Å². The summed E-state index contributed by atoms with van der Waals surface area (Å²) in [4.78, 5) is 23.2. The molecule has 22 heavy (non-hydrogen) atoms. The van der Waals surface area contributed by atoms with E-state index in [4.69, 9.17) is 5.26 Å². The van der Waals surface area contributed by atoms with Gasteiger partial charge in [-0.25, -0.2) is 4.79 Å². The van der Waals surface area contributed by atoms with Gasteiger partial charge in [-0.2, -0.15) is 5.26 Å². The van der Waals surface area contributed by atoms with E-state index >= 15 is 0 Å². The van der Waals surface area contributed by atoms with Crippen molar-refractivity contribution in [1.82, 2.24) is 5.32 Å². The molecule has 0 fully saturated rings. The maximum atomic E-state index is 11.8. The number of hydrogen-bond acceptors (Lipinski definition) is 4. The molecular weight excluding hydrogens is 284 g/mol. The Morgan fingerprint density at radius 3 is 2.50 bits per heavy atom. The van der Waals surface area contributed by atoms with E-state index in [0.717, 1.165) is 0 Å². The second-order valence-electron chi connectivity index (χ2n) is 5.52. The lowest BCUT2D eigenvalue weighted by atomic mass is 10.00. The number of carbonyl (C=O) groups excluding carboxylic acids is 1. The van der Waals surface area contributed by atoms with E-state index in [1.54, 1.807) is 24.3 Å². The molecule has 118 valence electrons. The molecule has 1 aromatic rings. The molecule has 3 N–H and O–H groups in total. The lowest BCUT2D eigenvalue weighted by molar-refractivity contribution is -0.143. The number of aliphatic hydroxyl groups excluding tert-OH is 1. The number of carboxylic acids is 1. The summed E-state index contributed by atoms with van der Waals surface area (Å²) in [5, 5.41) is 30.3. The number of nitrogens with one attached hydrogen (secondary N) is 1. The van der Waals surface area contributed by atoms with Crippen LogP contribution in [0.3, 0.4) is 0 Å². The summed E-state index contributed by atoms with van der Waals surface area (Å²) in [7, 11) is 0. The first-order chi connectivity index (χ1) is 10.3. The molecule has 2 atom stereocenters. The van der Waals surface area contributed by atoms with Crippen LogP contribution in [-0.4, -0.2) is 34.2 Å². The molecule has 0 aliphatic heterocycles. The van der Waals surface area contributed by atoms with Crippen LogP contribution in [0.15, 0.2) is 24.3 Å². The third-order valence-corrected chi connectivity index (χ3v) is 3.17. The summed E-state index contributed by atoms with van der Waals surface area (Å²) in [6.45, 7) is 3.71. The predicted octanol–water partition coefficient (Wildman–Crippen LogP) is 1.08. The second kappa shape index (κ2) is 8.15. The molecule has 1 aromatic carbocycles. The fraction of sp³-hybridized carbons (Fsp3) is 0.438. The predicted molar refractivity (Wildman–Crippen MR) is 79.9 cm³/mol. The number of nitrogens with zero attached hydrogens (tertiary/aromatic N) is 1. The Labute approximate surface area is 129 Å². The number of nitriles is 1. The lowest BCUT2D eigenvalue weighted by Gasteiger charge is -2.18. The van der Waals surface area contributed by atoms with E-state index < -0.39 is 24.0 Å². The SMILES string of the molecule is CC(C)C[C@@H](O)C(=O)N[C@H](Cc1ccccc1C#N)C(=O)O. The molecule has 0 aliphatic carbocycles. The highest BCUT2D eigenvalue weighted by molar-refractivity contribution is 5.86. The van der Waals surface area contributed by atoms with E-state index in [-0.39, 0.29) is 18.8 Å². The van der Waals surface area contributed by atoms with Gasteiger partial charge in [-0.15, -0.1) is 0 Å². The van der Waals surface area contributed by atoms with Gasteiger partial charge in [0.1, 0.15) is 12.1 Å². The number of carbonyl (C=O) groups is 2. The number of aliphatic hydroxyl groups is 1. The quantitative estimate of drug-likeness (QED) is 0.698. The minimum absolute atomic E-state index is 0.0147. The van der Waals surface area contributed by atoms with Crippen LogP contribution < -0.4 is 5.32 Å². The summed E-state index contributed by atoms with van der Waals surface area (Å²) in [6.07, 6.45) is -1.00. The fourth-order valence-corrected chi connectivity index (χ4v) is 2.05. The van der Waals surface area contributed by atoms with Crippen molar-refractivity contribution in [1.29, 1.82) is 5.26 Å². The van der Waals surface area contributed by atoms with E-state index in [1.165, 1.54) is 0 Å². The van der Waals surface area contributed by atoms with Crippen LogP contribution in [0.1, 0.15) is 31.4 Å². The zero-order valence-electron chi connectivity index (χ0n) is 12.6. The number of hydrogen-bond donors (Lipinski definition) is 3. The monoisotopic (exact) mass is 304 g/mol. The molecule has 1 rings (SSSR count). The second-order valence-corrected chi connectivity index (χ2v) is 5.52. The summed E-state index contributed by atoms with van der Waals surface area (Å²) < 4.78 is 0. The Morgan fingerprint density at radius 1 is 1.32 bits per heavy atom. The fourth-order valence-electron chi connectivity index (χ4n) is 2.05. The zero-order chi connectivity index (χ0) is 16.7. The topological polar surface area (TPSA) is 110 Å². The average molecular weight is 304 g/mol. The van der Waals surface area contributed by atoms with Gasteiger partial charge < -0.3 is 15.5 Å². The van der Waals surface area contributed by atoms with Crippen LogP contribution in [0.4, 0.5) is 0 Å². The minimum atomic E-state index is -1.24. The van der Waals surface area contributed by atoms with Gasteiger partial charge in [-0.05, 0) is 24.0 Å². The van der Waals surface area contributed by atoms with Gasteiger partial charge in [0.25, 0.3) is 0 Å². The Morgan fingerprint density at radius 2 is 1.95 bits per heavy atom. The number of rotatable bonds is 7. The molecule has 0 saturated carbocycles. The first-order valence-corrected chi connectivity index (χ1v) is 7.04. The lowest BCUT2D eigenvalue weighted by Crippen LogP contribution is -2.47. The number of benzene rings is 1. The Kier molecular flexibility index (Phi) is 6.54. The molecule has 6 heteroatoms. The zero-order valence-corrected chi connectivity index (χ0v) is 12.6. The molecule has 0 bridgehead atoms. The van der Waals surface area contributed by atoms with Gasteiger partial charge in [0.05, 0.1) is 11.6 Å². The van der Waals surface area contributed by atoms with Crippen LogP contribution >= 0.6 is 0 Å². The van der Waals surface area contributed by atoms with Crippen molar-refractivity contribution >= 4 is 11.9 Å². The third-order valence-electron chi connectivity index (χ3n) is 3.17. The van der Waals surface area contributed by atoms with Gasteiger partial charge in [-0.3, -0.25) is 4.79 Å². The van der Waals surface area contributed by atoms with Gasteiger partial charge in [-0.1, -0.05) is 32.0 Å². The highest BCUT2D eigenvalue weighted by Gasteiger charge is 2.25. The van der Waals surface area contributed by atoms with Crippen molar-refractivity contribution in [3.05, 3.63) is 35.4 Å². The minimum Gasteiger partial charge on any atom is -0.480 e. The van der Waals surface area contributed by atoms with E-state index in [1.807, 2.05) is 19.9 Å². The molecule has 0 radical (unpaired) electrons. The van der Waals surface area contributed by atoms with Crippen LogP contribution in [0.25, 0.3) is 0 Å². The first kappa shape index (κ1) is 17.7. The van der Waals surface area contributed by atoms with E-state index in [2.05, 4.69) is 5.32 Å². The van der Waals surface area contributed by atoms with Gasteiger partial charge >= 0.3 is 5.97 Å². The number of carboxylic acid groups (broad SMARTS) is 1. The molecule has 0 spiro atoms. The number of aliphatic carboxylic acids is 1. The molecule has 0 aromatic heterocycles. The highest BCUT2D eigenvalue weighted by atomic mass is 16.4. The maximum absolute atomic E-state index is 11.8. The molecule has 0 aliphatic rings. The highest BCUT2D eigenvalue weighted by Crippen LogP contribution is 2.11. The molecule has 6 nitrogen and oxygen atoms in total. The first-order valence-electron chi connectivity index (χ1n) is 7.04. The van der Waals surface area contributed by atoms with Crippen molar-refractivity contribution in [2.75, 3.05) is 0 Å². The van der Waals surface area contributed by atoms with Crippen molar-refractivity contribution in [3.63, 3.8) is 0 Å². The van der Waals surface area contributed by atoms with Gasteiger partial charge in [0.15, 0.2) is 0 Å². The normalized spacial score (nSPS) is 13.2. The summed E-state index contributed by atoms with van der Waals surface area (Å²) in [5.41, 5.74) is 0.904. The molecule has 0 heterocycles. The van der Waals surface area contributed by atoms with Crippen LogP contribution in [0, 0.1) is 17.2 Å². The molecule has 0 unspecified atom stereocenters. The largest absolute Gasteiger partial charge is 0.480 e. The average Bonchev–Trinajstić information content (AvgIpc) is 2.46. The Balaban J connectivity index is 2.81. The van der Waals surface area contributed by atoms with E-state index in [0.29, 0.717) is 11.1 Å². The van der Waals surface area contributed by atoms with Gasteiger partial charge in [0, 0.05) is 6.42 Å². The molecule has 1 amide bonds. The summed E-state index contributed by atoms with van der Waals surface area (Å²) in [6, 6.07) is 7.41.